The molecule has 0 saturated heterocycles. The zero-order valence-corrected chi connectivity index (χ0v) is 16.5. The number of nitrogens with zero attached hydrogens (tertiary/aromatic N) is 1. The molecule has 5 nitrogen and oxygen atoms in total. The molecule has 6 heteroatoms. The summed E-state index contributed by atoms with van der Waals surface area (Å²) in [7, 11) is 0. The SMILES string of the molecule is C[C@H](OC(=O)c1cccc(C#N)c1)C(=O)Nc1ccccc1Sc1ccccc1. The number of hydrogen-bond acceptors (Lipinski definition) is 5. The van der Waals surface area contributed by atoms with Crippen LogP contribution >= 0.6 is 11.8 Å². The third-order valence-electron chi connectivity index (χ3n) is 4.00. The first-order valence-electron chi connectivity index (χ1n) is 8.91. The van der Waals surface area contributed by atoms with E-state index in [1.807, 2.05) is 54.6 Å². The van der Waals surface area contributed by atoms with E-state index < -0.39 is 18.0 Å². The van der Waals surface area contributed by atoms with Gasteiger partial charge in [-0.05, 0) is 49.4 Å². The Kier molecular flexibility index (Phi) is 6.67. The van der Waals surface area contributed by atoms with Crippen molar-refractivity contribution in [1.29, 1.82) is 5.26 Å². The minimum Gasteiger partial charge on any atom is -0.449 e. The van der Waals surface area contributed by atoms with Gasteiger partial charge < -0.3 is 10.1 Å². The Hall–Kier alpha value is -3.56. The Morgan fingerprint density at radius 1 is 1.00 bits per heavy atom. The lowest BCUT2D eigenvalue weighted by Gasteiger charge is -2.15. The Morgan fingerprint density at radius 2 is 1.72 bits per heavy atom. The number of esters is 1. The maximum Gasteiger partial charge on any atom is 0.338 e. The van der Waals surface area contributed by atoms with Gasteiger partial charge in [0.1, 0.15) is 0 Å². The molecule has 3 aromatic rings. The van der Waals surface area contributed by atoms with Gasteiger partial charge in [-0.1, -0.05) is 48.2 Å². The van der Waals surface area contributed by atoms with Crippen LogP contribution < -0.4 is 5.32 Å². The lowest BCUT2D eigenvalue weighted by molar-refractivity contribution is -0.123. The van der Waals surface area contributed by atoms with Crippen LogP contribution in [-0.4, -0.2) is 18.0 Å². The predicted molar refractivity (Wildman–Crippen MR) is 112 cm³/mol. The molecule has 0 unspecified atom stereocenters. The topological polar surface area (TPSA) is 79.2 Å². The molecular formula is C23H18N2O3S. The van der Waals surface area contributed by atoms with E-state index in [1.54, 1.807) is 24.3 Å². The van der Waals surface area contributed by atoms with Crippen molar-refractivity contribution in [2.24, 2.45) is 0 Å². The van der Waals surface area contributed by atoms with Crippen molar-refractivity contribution < 1.29 is 14.3 Å². The molecule has 3 rings (SSSR count). The van der Waals surface area contributed by atoms with E-state index in [2.05, 4.69) is 5.32 Å². The van der Waals surface area contributed by atoms with Gasteiger partial charge in [0.25, 0.3) is 5.91 Å². The fourth-order valence-corrected chi connectivity index (χ4v) is 3.43. The maximum absolute atomic E-state index is 12.6. The second-order valence-electron chi connectivity index (χ2n) is 6.14. The summed E-state index contributed by atoms with van der Waals surface area (Å²) in [4.78, 5) is 26.8. The van der Waals surface area contributed by atoms with E-state index in [-0.39, 0.29) is 5.56 Å². The first-order valence-corrected chi connectivity index (χ1v) is 9.72. The molecular weight excluding hydrogens is 384 g/mol. The van der Waals surface area contributed by atoms with E-state index in [4.69, 9.17) is 10.00 Å². The number of carbonyl (C=O) groups excluding carboxylic acids is 2. The molecule has 1 N–H and O–H groups in total. The standard InChI is InChI=1S/C23H18N2O3S/c1-16(28-23(27)18-9-7-8-17(14-18)15-24)22(26)25-20-12-5-6-13-21(20)29-19-10-3-2-4-11-19/h2-14,16H,1H3,(H,25,26)/t16-/m0/s1. The molecule has 29 heavy (non-hydrogen) atoms. The summed E-state index contributed by atoms with van der Waals surface area (Å²) in [6.07, 6.45) is -0.997. The number of benzene rings is 3. The highest BCUT2D eigenvalue weighted by molar-refractivity contribution is 7.99. The molecule has 0 spiro atoms. The average Bonchev–Trinajstić information content (AvgIpc) is 2.75. The van der Waals surface area contributed by atoms with E-state index in [0.717, 1.165) is 9.79 Å². The molecule has 3 aromatic carbocycles. The van der Waals surface area contributed by atoms with Gasteiger partial charge in [-0.3, -0.25) is 4.79 Å². The molecule has 1 atom stereocenters. The normalized spacial score (nSPS) is 11.2. The predicted octanol–water partition coefficient (Wildman–Crippen LogP) is 4.89. The number of carbonyl (C=O) groups is 2. The van der Waals surface area contributed by atoms with Crippen LogP contribution in [0.25, 0.3) is 0 Å². The van der Waals surface area contributed by atoms with Crippen molar-refractivity contribution in [2.45, 2.75) is 22.8 Å². The monoisotopic (exact) mass is 402 g/mol. The summed E-state index contributed by atoms with van der Waals surface area (Å²) in [5.74, 6) is -1.09. The largest absolute Gasteiger partial charge is 0.449 e. The van der Waals surface area contributed by atoms with Crippen LogP contribution in [0.1, 0.15) is 22.8 Å². The van der Waals surface area contributed by atoms with Crippen LogP contribution in [0.5, 0.6) is 0 Å². The smallest absolute Gasteiger partial charge is 0.338 e. The molecule has 0 bridgehead atoms. The number of nitrogens with one attached hydrogen (secondary N) is 1. The van der Waals surface area contributed by atoms with Crippen LogP contribution in [0.15, 0.2) is 88.7 Å². The van der Waals surface area contributed by atoms with Crippen LogP contribution in [0.2, 0.25) is 0 Å². The molecule has 0 fully saturated rings. The second-order valence-corrected chi connectivity index (χ2v) is 7.26. The molecule has 0 heterocycles. The molecule has 1 amide bonds. The average molecular weight is 402 g/mol. The number of ether oxygens (including phenoxy) is 1. The van der Waals surface area contributed by atoms with Crippen LogP contribution in [0.3, 0.4) is 0 Å². The summed E-state index contributed by atoms with van der Waals surface area (Å²) < 4.78 is 5.26. The first kappa shape index (κ1) is 20.2. The van der Waals surface area contributed by atoms with E-state index in [9.17, 15) is 9.59 Å². The molecule has 0 aliphatic carbocycles. The Labute approximate surface area is 173 Å². The van der Waals surface area contributed by atoms with Crippen LogP contribution in [0.4, 0.5) is 5.69 Å². The maximum atomic E-state index is 12.6. The van der Waals surface area contributed by atoms with Gasteiger partial charge in [0.15, 0.2) is 6.10 Å². The number of hydrogen-bond donors (Lipinski definition) is 1. The molecule has 0 saturated carbocycles. The van der Waals surface area contributed by atoms with Crippen molar-refractivity contribution in [3.05, 3.63) is 90.0 Å². The summed E-state index contributed by atoms with van der Waals surface area (Å²) in [5.41, 5.74) is 1.22. The van der Waals surface area contributed by atoms with Gasteiger partial charge in [0.2, 0.25) is 0 Å². The number of anilines is 1. The quantitative estimate of drug-likeness (QED) is 0.594. The second kappa shape index (κ2) is 9.58. The fraction of sp³-hybridized carbons (Fsp3) is 0.0870. The van der Waals surface area contributed by atoms with Crippen LogP contribution in [-0.2, 0) is 9.53 Å². The van der Waals surface area contributed by atoms with Crippen molar-refractivity contribution in [2.75, 3.05) is 5.32 Å². The van der Waals surface area contributed by atoms with Crippen molar-refractivity contribution >= 4 is 29.3 Å². The minimum atomic E-state index is -0.997. The van der Waals surface area contributed by atoms with Crippen molar-refractivity contribution in [1.82, 2.24) is 0 Å². The van der Waals surface area contributed by atoms with Gasteiger partial charge in [-0.25, -0.2) is 4.79 Å². The van der Waals surface area contributed by atoms with E-state index in [1.165, 1.54) is 24.8 Å². The zero-order valence-electron chi connectivity index (χ0n) is 15.7. The Bertz CT molecular complexity index is 1060. The number of para-hydroxylation sites is 1. The lowest BCUT2D eigenvalue weighted by Crippen LogP contribution is -2.30. The highest BCUT2D eigenvalue weighted by Crippen LogP contribution is 2.33. The van der Waals surface area contributed by atoms with Crippen LogP contribution in [0, 0.1) is 11.3 Å². The lowest BCUT2D eigenvalue weighted by atomic mass is 10.1. The third-order valence-corrected chi connectivity index (χ3v) is 5.08. The van der Waals surface area contributed by atoms with Crippen molar-refractivity contribution in [3.8, 4) is 6.07 Å². The fourth-order valence-electron chi connectivity index (χ4n) is 2.51. The minimum absolute atomic E-state index is 0.226. The number of nitriles is 1. The highest BCUT2D eigenvalue weighted by atomic mass is 32.2. The summed E-state index contributed by atoms with van der Waals surface area (Å²) in [6.45, 7) is 1.51. The van der Waals surface area contributed by atoms with Gasteiger partial charge >= 0.3 is 5.97 Å². The summed E-state index contributed by atoms with van der Waals surface area (Å²) in [5, 5.41) is 11.8. The van der Waals surface area contributed by atoms with Gasteiger partial charge in [0, 0.05) is 9.79 Å². The Balaban J connectivity index is 1.67. The zero-order chi connectivity index (χ0) is 20.6. The summed E-state index contributed by atoms with van der Waals surface area (Å²) >= 11 is 1.53. The van der Waals surface area contributed by atoms with Crippen molar-refractivity contribution in [3.63, 3.8) is 0 Å². The molecule has 0 radical (unpaired) electrons. The van der Waals surface area contributed by atoms with Gasteiger partial charge in [-0.15, -0.1) is 0 Å². The van der Waals surface area contributed by atoms with E-state index in [0.29, 0.717) is 11.3 Å². The molecule has 0 aliphatic heterocycles. The van der Waals surface area contributed by atoms with E-state index >= 15 is 0 Å². The highest BCUT2D eigenvalue weighted by Gasteiger charge is 2.20. The molecule has 0 aromatic heterocycles. The van der Waals surface area contributed by atoms with Gasteiger partial charge in [0.05, 0.1) is 22.9 Å². The molecule has 0 aliphatic rings. The number of rotatable bonds is 6. The third kappa shape index (κ3) is 5.47. The van der Waals surface area contributed by atoms with Gasteiger partial charge in [-0.2, -0.15) is 5.26 Å². The number of amides is 1. The Morgan fingerprint density at radius 3 is 2.48 bits per heavy atom. The molecule has 144 valence electrons. The first-order chi connectivity index (χ1) is 14.1. The summed E-state index contributed by atoms with van der Waals surface area (Å²) in [6, 6.07) is 25.4.